The van der Waals surface area contributed by atoms with Gasteiger partial charge in [0, 0.05) is 7.98 Å². The largest absolute Gasteiger partial charge is 0.353 e. The Labute approximate surface area is 101 Å². The highest BCUT2D eigenvalue weighted by atomic mass is 16.7. The van der Waals surface area contributed by atoms with Gasteiger partial charge in [0.05, 0.1) is 6.61 Å². The van der Waals surface area contributed by atoms with Crippen LogP contribution < -0.4 is 0 Å². The van der Waals surface area contributed by atoms with Gasteiger partial charge in [-0.3, -0.25) is 0 Å². The van der Waals surface area contributed by atoms with Crippen molar-refractivity contribution in [3.8, 4) is 0 Å². The van der Waals surface area contributed by atoms with Gasteiger partial charge in [-0.15, -0.1) is 0 Å². The minimum absolute atomic E-state index is 0.0181. The molecule has 0 aromatic carbocycles. The van der Waals surface area contributed by atoms with E-state index in [0.29, 0.717) is 5.92 Å². The molecule has 0 spiro atoms. The standard InChI is InChI=1S/C14H26O2/c1-4-12(2)8-9-13(3)11-16-14-7-5-6-10-15-14/h13-14H,2,4-11H2,1,3H3/t13-,14?/m1/s1/i4D/t4-,13+,14?/m0. The molecular formula is C14H26O2. The van der Waals surface area contributed by atoms with Gasteiger partial charge in [-0.1, -0.05) is 26.0 Å². The van der Waals surface area contributed by atoms with E-state index >= 15 is 0 Å². The summed E-state index contributed by atoms with van der Waals surface area (Å²) in [6.07, 6.45) is 5.26. The van der Waals surface area contributed by atoms with Crippen LogP contribution in [0.2, 0.25) is 0 Å². The van der Waals surface area contributed by atoms with Gasteiger partial charge >= 0.3 is 0 Å². The lowest BCUT2D eigenvalue weighted by Gasteiger charge is -2.24. The van der Waals surface area contributed by atoms with E-state index in [4.69, 9.17) is 10.8 Å². The van der Waals surface area contributed by atoms with Gasteiger partial charge in [0.2, 0.25) is 0 Å². The number of rotatable bonds is 7. The van der Waals surface area contributed by atoms with Crippen molar-refractivity contribution in [3.63, 3.8) is 0 Å². The fourth-order valence-electron chi connectivity index (χ4n) is 1.77. The molecule has 94 valence electrons. The topological polar surface area (TPSA) is 18.5 Å². The Hall–Kier alpha value is -0.340. The molecule has 3 atom stereocenters. The van der Waals surface area contributed by atoms with Crippen molar-refractivity contribution in [3.05, 3.63) is 12.2 Å². The van der Waals surface area contributed by atoms with Gasteiger partial charge in [-0.2, -0.15) is 0 Å². The van der Waals surface area contributed by atoms with Gasteiger partial charge in [0.1, 0.15) is 0 Å². The summed E-state index contributed by atoms with van der Waals surface area (Å²) in [4.78, 5) is 0. The predicted octanol–water partition coefficient (Wildman–Crippen LogP) is 3.91. The summed E-state index contributed by atoms with van der Waals surface area (Å²) < 4.78 is 18.8. The first-order chi connectivity index (χ1) is 8.09. The quantitative estimate of drug-likeness (QED) is 0.614. The smallest absolute Gasteiger partial charge is 0.157 e. The normalized spacial score (nSPS) is 25.9. The fraction of sp³-hybridized carbons (Fsp3) is 0.857. The maximum absolute atomic E-state index is 7.54. The summed E-state index contributed by atoms with van der Waals surface area (Å²) in [5, 5.41) is 0. The second kappa shape index (κ2) is 7.86. The van der Waals surface area contributed by atoms with Crippen LogP contribution in [0.4, 0.5) is 0 Å². The lowest BCUT2D eigenvalue weighted by atomic mass is 10.0. The van der Waals surface area contributed by atoms with Gasteiger partial charge < -0.3 is 9.47 Å². The Morgan fingerprint density at radius 1 is 1.62 bits per heavy atom. The summed E-state index contributed by atoms with van der Waals surface area (Å²) in [7, 11) is 0. The van der Waals surface area contributed by atoms with Crippen LogP contribution in [0.1, 0.15) is 53.7 Å². The molecule has 0 aromatic rings. The summed E-state index contributed by atoms with van der Waals surface area (Å²) in [5.74, 6) is 0.510. The lowest BCUT2D eigenvalue weighted by Crippen LogP contribution is -2.24. The molecule has 1 aliphatic heterocycles. The molecule has 1 unspecified atom stereocenters. The van der Waals surface area contributed by atoms with Crippen molar-refractivity contribution in [2.24, 2.45) is 5.92 Å². The summed E-state index contributed by atoms with van der Waals surface area (Å²) in [6.45, 7) is 9.58. The first kappa shape index (κ1) is 12.1. The third-order valence-corrected chi connectivity index (χ3v) is 3.07. The second-order valence-electron chi connectivity index (χ2n) is 4.72. The number of allylic oxidation sites excluding steroid dienone is 1. The molecule has 1 fully saturated rings. The Morgan fingerprint density at radius 2 is 2.44 bits per heavy atom. The Kier molecular flexibility index (Phi) is 5.95. The Balaban J connectivity index is 2.07. The van der Waals surface area contributed by atoms with E-state index < -0.39 is 0 Å². The maximum Gasteiger partial charge on any atom is 0.157 e. The highest BCUT2D eigenvalue weighted by Gasteiger charge is 2.15. The van der Waals surface area contributed by atoms with Crippen LogP contribution in [-0.2, 0) is 9.47 Å². The van der Waals surface area contributed by atoms with E-state index in [1.807, 2.05) is 6.92 Å². The third kappa shape index (κ3) is 5.66. The van der Waals surface area contributed by atoms with Gasteiger partial charge in [-0.25, -0.2) is 0 Å². The monoisotopic (exact) mass is 227 g/mol. The Bertz CT molecular complexity index is 222. The molecule has 0 N–H and O–H groups in total. The highest BCUT2D eigenvalue weighted by Crippen LogP contribution is 2.17. The second-order valence-corrected chi connectivity index (χ2v) is 4.72. The molecule has 0 aliphatic carbocycles. The zero-order valence-corrected chi connectivity index (χ0v) is 10.7. The molecule has 1 aliphatic rings. The minimum Gasteiger partial charge on any atom is -0.353 e. The average Bonchev–Trinajstić information content (AvgIpc) is 2.34. The van der Waals surface area contributed by atoms with Crippen molar-refractivity contribution in [2.45, 2.75) is 58.6 Å². The number of hydrogen-bond acceptors (Lipinski definition) is 2. The lowest BCUT2D eigenvalue weighted by molar-refractivity contribution is -0.168. The van der Waals surface area contributed by atoms with Crippen molar-refractivity contribution < 1.29 is 10.8 Å². The van der Waals surface area contributed by atoms with Gasteiger partial charge in [0.25, 0.3) is 0 Å². The molecule has 0 aromatic heterocycles. The highest BCUT2D eigenvalue weighted by molar-refractivity contribution is 4.92. The van der Waals surface area contributed by atoms with Crippen LogP contribution in [0.15, 0.2) is 12.2 Å². The van der Waals surface area contributed by atoms with Gasteiger partial charge in [0.15, 0.2) is 6.29 Å². The van der Waals surface area contributed by atoms with Gasteiger partial charge in [-0.05, 0) is 44.4 Å². The van der Waals surface area contributed by atoms with E-state index in [1.165, 1.54) is 6.42 Å². The van der Waals surface area contributed by atoms with Crippen LogP contribution in [0.5, 0.6) is 0 Å². The molecule has 0 radical (unpaired) electrons. The first-order valence-corrected chi connectivity index (χ1v) is 6.42. The summed E-state index contributed by atoms with van der Waals surface area (Å²) in [5.41, 5.74) is 1.02. The Morgan fingerprint density at radius 3 is 3.06 bits per heavy atom. The zero-order chi connectivity index (χ0) is 12.7. The average molecular weight is 227 g/mol. The van der Waals surface area contributed by atoms with Crippen molar-refractivity contribution in [1.29, 1.82) is 0 Å². The molecule has 16 heavy (non-hydrogen) atoms. The van der Waals surface area contributed by atoms with E-state index in [9.17, 15) is 0 Å². The first-order valence-electron chi connectivity index (χ1n) is 7.00. The predicted molar refractivity (Wildman–Crippen MR) is 67.4 cm³/mol. The van der Waals surface area contributed by atoms with Crippen LogP contribution in [0.3, 0.4) is 0 Å². The maximum atomic E-state index is 7.54. The summed E-state index contributed by atoms with van der Waals surface area (Å²) in [6, 6.07) is 0. The van der Waals surface area contributed by atoms with E-state index in [-0.39, 0.29) is 12.7 Å². The van der Waals surface area contributed by atoms with Crippen molar-refractivity contribution in [2.75, 3.05) is 13.2 Å². The molecule has 2 heteroatoms. The number of hydrogen-bond donors (Lipinski definition) is 0. The van der Waals surface area contributed by atoms with Crippen molar-refractivity contribution in [1.82, 2.24) is 0 Å². The molecule has 0 saturated carbocycles. The summed E-state index contributed by atoms with van der Waals surface area (Å²) >= 11 is 0. The molecule has 1 rings (SSSR count). The SMILES string of the molecule is [2H][C@@H](C)C(=C)CC[C@@H](C)COC1CCCCO1. The molecule has 2 nitrogen and oxygen atoms in total. The zero-order valence-electron chi connectivity index (χ0n) is 11.7. The van der Waals surface area contributed by atoms with Crippen LogP contribution >= 0.6 is 0 Å². The molecule has 1 heterocycles. The third-order valence-electron chi connectivity index (χ3n) is 3.07. The van der Waals surface area contributed by atoms with E-state index in [1.54, 1.807) is 0 Å². The van der Waals surface area contributed by atoms with Crippen LogP contribution in [0, 0.1) is 5.92 Å². The van der Waals surface area contributed by atoms with Crippen LogP contribution in [-0.4, -0.2) is 19.5 Å². The minimum atomic E-state index is -0.148. The number of ether oxygens (including phenoxy) is 2. The molecule has 1 saturated heterocycles. The molecular weight excluding hydrogens is 200 g/mol. The van der Waals surface area contributed by atoms with Crippen molar-refractivity contribution >= 4 is 0 Å². The fourth-order valence-corrected chi connectivity index (χ4v) is 1.77. The molecule has 0 amide bonds. The van der Waals surface area contributed by atoms with E-state index in [2.05, 4.69) is 13.5 Å². The van der Waals surface area contributed by atoms with Crippen LogP contribution in [0.25, 0.3) is 0 Å². The van der Waals surface area contributed by atoms with E-state index in [0.717, 1.165) is 44.5 Å². The molecule has 0 bridgehead atoms.